The zero-order chi connectivity index (χ0) is 29.6. The average Bonchev–Trinajstić information content (AvgIpc) is 3.58. The average molecular weight is 570 g/mol. The van der Waals surface area contributed by atoms with Gasteiger partial charge in [-0.1, -0.05) is 42.5 Å². The number of hydrogen-bond donors (Lipinski definition) is 3. The Kier molecular flexibility index (Phi) is 6.89. The van der Waals surface area contributed by atoms with E-state index in [1.54, 1.807) is 21.7 Å². The van der Waals surface area contributed by atoms with Crippen molar-refractivity contribution in [2.45, 2.75) is 56.7 Å². The Labute approximate surface area is 244 Å². The fraction of sp³-hybridized carbons (Fsp3) is 0.452. The fourth-order valence-corrected chi connectivity index (χ4v) is 7.64. The number of nitriles is 1. The Balaban J connectivity index is 1.39. The van der Waals surface area contributed by atoms with Crippen LogP contribution in [0, 0.1) is 28.7 Å². The second-order valence-electron chi connectivity index (χ2n) is 12.1. The molecule has 6 rings (SSSR count). The number of nitrogens with one attached hydrogen (secondary N) is 1. The number of hydrogen-bond acceptors (Lipinski definition) is 9. The molecule has 0 bridgehead atoms. The van der Waals surface area contributed by atoms with Crippen molar-refractivity contribution < 1.29 is 19.4 Å². The van der Waals surface area contributed by atoms with Crippen LogP contribution in [0.15, 0.2) is 54.7 Å². The van der Waals surface area contributed by atoms with Crippen LogP contribution in [0.5, 0.6) is 0 Å². The number of nitrogen functional groups attached to an aromatic ring is 1. The van der Waals surface area contributed by atoms with E-state index in [0.717, 1.165) is 11.1 Å². The first-order valence-electron chi connectivity index (χ1n) is 14.3. The lowest BCUT2D eigenvalue weighted by Gasteiger charge is -2.56. The van der Waals surface area contributed by atoms with Gasteiger partial charge < -0.3 is 25.8 Å². The number of esters is 1. The van der Waals surface area contributed by atoms with Crippen molar-refractivity contribution in [2.75, 3.05) is 24.7 Å². The van der Waals surface area contributed by atoms with Crippen molar-refractivity contribution in [3.05, 3.63) is 60.3 Å². The standard InChI is InChI=1S/C31H35N7O4/c1-30-12-11-25(39)27(28(40)42-2)22(30)15-26(37(17-30)18-32)31(21-5-3-4-6-23(21)34-29(31)41)13-14-38-16-24(35-36-38)19-7-9-20(33)10-8-19/h3-10,16,22,25-27,39H,11-15,17,33H2,1-2H3,(H,34,41)/t22-,25+,26+,27-,30+,31+/m1/s1. The Bertz CT molecular complexity index is 1550. The summed E-state index contributed by atoms with van der Waals surface area (Å²) in [6.07, 6.45) is 5.22. The number of piperidine rings is 1. The monoisotopic (exact) mass is 569 g/mol. The summed E-state index contributed by atoms with van der Waals surface area (Å²) in [4.78, 5) is 28.8. The largest absolute Gasteiger partial charge is 0.469 e. The maximum absolute atomic E-state index is 14.1. The third-order valence-corrected chi connectivity index (χ3v) is 9.85. The highest BCUT2D eigenvalue weighted by Gasteiger charge is 2.61. The number of aliphatic hydroxyl groups is 1. The summed E-state index contributed by atoms with van der Waals surface area (Å²) in [5.74, 6) is -1.65. The number of ether oxygens (including phenoxy) is 1. The van der Waals surface area contributed by atoms with E-state index in [1.165, 1.54) is 7.11 Å². The Hall–Kier alpha value is -4.43. The summed E-state index contributed by atoms with van der Waals surface area (Å²) in [7, 11) is 1.34. The number of carbonyl (C=O) groups is 2. The number of likely N-dealkylation sites (tertiary alicyclic amines) is 1. The minimum atomic E-state index is -1.11. The number of aromatic nitrogens is 3. The van der Waals surface area contributed by atoms with Crippen LogP contribution in [0.2, 0.25) is 0 Å². The molecule has 0 spiro atoms. The van der Waals surface area contributed by atoms with Gasteiger partial charge in [-0.2, -0.15) is 5.26 Å². The van der Waals surface area contributed by atoms with E-state index >= 15 is 0 Å². The van der Waals surface area contributed by atoms with Gasteiger partial charge in [0.2, 0.25) is 5.91 Å². The smallest absolute Gasteiger partial charge is 0.311 e. The van der Waals surface area contributed by atoms with Crippen molar-refractivity contribution in [1.29, 1.82) is 5.26 Å². The zero-order valence-corrected chi connectivity index (χ0v) is 23.7. The number of para-hydroxylation sites is 1. The summed E-state index contributed by atoms with van der Waals surface area (Å²) in [5.41, 5.74) is 8.06. The van der Waals surface area contributed by atoms with E-state index in [-0.39, 0.29) is 11.8 Å². The van der Waals surface area contributed by atoms with Crippen LogP contribution in [0.25, 0.3) is 11.3 Å². The molecule has 4 N–H and O–H groups in total. The molecule has 3 aromatic rings. The summed E-state index contributed by atoms with van der Waals surface area (Å²) < 4.78 is 6.85. The van der Waals surface area contributed by atoms with Crippen LogP contribution in [0.3, 0.4) is 0 Å². The van der Waals surface area contributed by atoms with Crippen LogP contribution < -0.4 is 11.1 Å². The molecular weight excluding hydrogens is 534 g/mol. The highest BCUT2D eigenvalue weighted by molar-refractivity contribution is 6.07. The van der Waals surface area contributed by atoms with E-state index in [0.29, 0.717) is 55.8 Å². The Morgan fingerprint density at radius 3 is 2.76 bits per heavy atom. The number of amides is 1. The number of nitrogens with two attached hydrogens (primary N) is 1. The molecule has 1 amide bonds. The van der Waals surface area contributed by atoms with Gasteiger partial charge in [0.1, 0.15) is 5.69 Å². The number of benzene rings is 2. The molecule has 3 heterocycles. The van der Waals surface area contributed by atoms with Gasteiger partial charge in [0.05, 0.1) is 36.8 Å². The zero-order valence-electron chi connectivity index (χ0n) is 23.7. The number of methoxy groups -OCH3 is 1. The molecule has 0 radical (unpaired) electrons. The van der Waals surface area contributed by atoms with E-state index in [2.05, 4.69) is 28.7 Å². The first-order chi connectivity index (χ1) is 20.2. The van der Waals surface area contributed by atoms with Crippen LogP contribution in [0.1, 0.15) is 38.2 Å². The number of nitrogens with zero attached hydrogens (tertiary/aromatic N) is 5. The molecule has 2 aromatic carbocycles. The van der Waals surface area contributed by atoms with Crippen LogP contribution in [-0.4, -0.2) is 62.7 Å². The molecule has 1 saturated carbocycles. The van der Waals surface area contributed by atoms with Crippen molar-refractivity contribution in [3.8, 4) is 17.5 Å². The quantitative estimate of drug-likeness (QED) is 0.230. The third kappa shape index (κ3) is 4.38. The second-order valence-corrected chi connectivity index (χ2v) is 12.1. The molecule has 218 valence electrons. The number of carbonyl (C=O) groups excluding carboxylic acids is 2. The van der Waals surface area contributed by atoms with Gasteiger partial charge in [-0.25, -0.2) is 0 Å². The molecule has 42 heavy (non-hydrogen) atoms. The van der Waals surface area contributed by atoms with Gasteiger partial charge in [-0.3, -0.25) is 14.3 Å². The van der Waals surface area contributed by atoms with Crippen molar-refractivity contribution >= 4 is 23.3 Å². The lowest BCUT2D eigenvalue weighted by atomic mass is 9.54. The fourth-order valence-electron chi connectivity index (χ4n) is 7.64. The van der Waals surface area contributed by atoms with Gasteiger partial charge >= 0.3 is 5.97 Å². The molecule has 2 fully saturated rings. The van der Waals surface area contributed by atoms with Crippen molar-refractivity contribution in [2.24, 2.45) is 17.3 Å². The van der Waals surface area contributed by atoms with E-state index in [4.69, 9.17) is 10.5 Å². The van der Waals surface area contributed by atoms with Crippen molar-refractivity contribution in [3.63, 3.8) is 0 Å². The van der Waals surface area contributed by atoms with Gasteiger partial charge in [0, 0.05) is 30.0 Å². The summed E-state index contributed by atoms with van der Waals surface area (Å²) >= 11 is 0. The number of aliphatic hydroxyl groups excluding tert-OH is 1. The Morgan fingerprint density at radius 1 is 1.26 bits per heavy atom. The Morgan fingerprint density at radius 2 is 2.02 bits per heavy atom. The minimum Gasteiger partial charge on any atom is -0.469 e. The van der Waals surface area contributed by atoms with E-state index in [1.807, 2.05) is 42.6 Å². The number of rotatable bonds is 6. The predicted octanol–water partition coefficient (Wildman–Crippen LogP) is 2.93. The molecule has 2 aliphatic heterocycles. The topological polar surface area (TPSA) is 159 Å². The number of fused-ring (bicyclic) bond motifs is 2. The van der Waals surface area contributed by atoms with Gasteiger partial charge in [-0.05, 0) is 60.8 Å². The summed E-state index contributed by atoms with van der Waals surface area (Å²) in [6, 6.07) is 14.4. The number of aryl methyl sites for hydroxylation is 1. The highest BCUT2D eigenvalue weighted by Crippen LogP contribution is 2.56. The molecule has 1 saturated heterocycles. The van der Waals surface area contributed by atoms with Gasteiger partial charge in [0.25, 0.3) is 0 Å². The number of anilines is 2. The molecule has 1 aromatic heterocycles. The first-order valence-corrected chi connectivity index (χ1v) is 14.3. The first kappa shape index (κ1) is 27.7. The van der Waals surface area contributed by atoms with Crippen LogP contribution in [-0.2, 0) is 26.3 Å². The molecule has 3 aliphatic rings. The van der Waals surface area contributed by atoms with Gasteiger partial charge in [-0.15, -0.1) is 5.10 Å². The van der Waals surface area contributed by atoms with Crippen molar-refractivity contribution in [1.82, 2.24) is 19.9 Å². The maximum Gasteiger partial charge on any atom is 0.311 e. The normalized spacial score (nSPS) is 30.1. The van der Waals surface area contributed by atoms with E-state index in [9.17, 15) is 20.0 Å². The molecule has 11 heteroatoms. The molecule has 0 unspecified atom stereocenters. The van der Waals surface area contributed by atoms with E-state index < -0.39 is 34.9 Å². The molecular formula is C31H35N7O4. The van der Waals surface area contributed by atoms with Crippen LogP contribution >= 0.6 is 0 Å². The lowest BCUT2D eigenvalue weighted by molar-refractivity contribution is -0.167. The maximum atomic E-state index is 14.1. The SMILES string of the molecule is COC(=O)[C@@H]1[C@H]2C[C@@H]([C@@]3(CCn4cc(-c5ccc(N)cc5)nn4)C(=O)Nc4ccccc43)N(C#N)C[C@]2(C)CC[C@@H]1O. The second kappa shape index (κ2) is 10.4. The molecule has 1 aliphatic carbocycles. The van der Waals surface area contributed by atoms with Crippen LogP contribution in [0.4, 0.5) is 11.4 Å². The van der Waals surface area contributed by atoms with Gasteiger partial charge in [0.15, 0.2) is 6.19 Å². The lowest BCUT2D eigenvalue weighted by Crippen LogP contribution is -2.64. The predicted molar refractivity (Wildman–Crippen MR) is 154 cm³/mol. The molecule has 6 atom stereocenters. The summed E-state index contributed by atoms with van der Waals surface area (Å²) in [6.45, 7) is 2.81. The highest BCUT2D eigenvalue weighted by atomic mass is 16.5. The third-order valence-electron chi connectivity index (χ3n) is 9.85. The summed E-state index contributed by atoms with van der Waals surface area (Å²) in [5, 5.41) is 33.1. The minimum absolute atomic E-state index is 0.192. The molecule has 11 nitrogen and oxygen atoms in total.